The van der Waals surface area contributed by atoms with Crippen LogP contribution in [0, 0.1) is 0 Å². The maximum Gasteiger partial charge on any atom is 0.211 e. The first-order valence-electron chi connectivity index (χ1n) is 8.33. The van der Waals surface area contributed by atoms with Crippen LogP contribution < -0.4 is 20.1 Å². The minimum atomic E-state index is -3.17. The van der Waals surface area contributed by atoms with Gasteiger partial charge in [-0.3, -0.25) is 0 Å². The Balaban J connectivity index is 0.00000625. The standard InChI is InChI=1S/C17H28N4O3S.HI/c1-4-13-24-16-10-8-7-9-15(16)14-20-17(18-5-2)19-11-12-21-25(22,23)6-3;/h4,7-10,21H,1,5-6,11-14H2,2-3H3,(H2,18,19,20);1H. The smallest absolute Gasteiger partial charge is 0.211 e. The maximum atomic E-state index is 11.4. The van der Waals surface area contributed by atoms with Gasteiger partial charge in [0, 0.05) is 25.2 Å². The lowest BCUT2D eigenvalue weighted by Gasteiger charge is -2.13. The third kappa shape index (κ3) is 9.97. The van der Waals surface area contributed by atoms with E-state index < -0.39 is 10.0 Å². The molecule has 148 valence electrons. The van der Waals surface area contributed by atoms with Gasteiger partial charge in [-0.2, -0.15) is 0 Å². The first kappa shape index (κ1) is 24.7. The molecular formula is C17H29IN4O3S. The molecule has 3 N–H and O–H groups in total. The molecule has 0 aliphatic rings. The molecule has 1 rings (SSSR count). The highest BCUT2D eigenvalue weighted by molar-refractivity contribution is 14.0. The van der Waals surface area contributed by atoms with E-state index in [9.17, 15) is 8.42 Å². The Morgan fingerprint density at radius 3 is 2.62 bits per heavy atom. The Labute approximate surface area is 173 Å². The van der Waals surface area contributed by atoms with E-state index in [1.54, 1.807) is 13.0 Å². The van der Waals surface area contributed by atoms with Crippen molar-refractivity contribution in [3.05, 3.63) is 42.5 Å². The summed E-state index contributed by atoms with van der Waals surface area (Å²) >= 11 is 0. The van der Waals surface area contributed by atoms with Crippen LogP contribution >= 0.6 is 24.0 Å². The fraction of sp³-hybridized carbons (Fsp3) is 0.471. The molecule has 0 unspecified atom stereocenters. The van der Waals surface area contributed by atoms with Crippen molar-refractivity contribution in [3.8, 4) is 5.75 Å². The summed E-state index contributed by atoms with van der Waals surface area (Å²) in [5.41, 5.74) is 0.966. The number of aliphatic imine (C=N–C) groups is 1. The Bertz CT molecular complexity index is 666. The zero-order chi connectivity index (χ0) is 18.5. The largest absolute Gasteiger partial charge is 0.489 e. The average Bonchev–Trinajstić information content (AvgIpc) is 2.62. The van der Waals surface area contributed by atoms with E-state index in [0.717, 1.165) is 11.3 Å². The second-order valence-corrected chi connectivity index (χ2v) is 7.22. The molecule has 0 amide bonds. The Kier molecular flexibility index (Phi) is 13.1. The molecule has 7 nitrogen and oxygen atoms in total. The summed E-state index contributed by atoms with van der Waals surface area (Å²) in [6, 6.07) is 7.70. The topological polar surface area (TPSA) is 91.8 Å². The van der Waals surface area contributed by atoms with Crippen molar-refractivity contribution < 1.29 is 13.2 Å². The Morgan fingerprint density at radius 2 is 1.96 bits per heavy atom. The van der Waals surface area contributed by atoms with Crippen molar-refractivity contribution in [1.82, 2.24) is 15.4 Å². The predicted molar refractivity (Wildman–Crippen MR) is 118 cm³/mol. The van der Waals surface area contributed by atoms with Gasteiger partial charge in [-0.25, -0.2) is 18.1 Å². The van der Waals surface area contributed by atoms with Gasteiger partial charge in [-0.1, -0.05) is 30.9 Å². The molecular weight excluding hydrogens is 467 g/mol. The van der Waals surface area contributed by atoms with Crippen molar-refractivity contribution >= 4 is 40.0 Å². The van der Waals surface area contributed by atoms with Crippen LogP contribution in [0.1, 0.15) is 19.4 Å². The highest BCUT2D eigenvalue weighted by atomic mass is 127. The zero-order valence-corrected chi connectivity index (χ0v) is 18.5. The lowest BCUT2D eigenvalue weighted by Crippen LogP contribution is -2.41. The molecule has 0 spiro atoms. The lowest BCUT2D eigenvalue weighted by atomic mass is 10.2. The van der Waals surface area contributed by atoms with Crippen LogP contribution in [-0.4, -0.2) is 46.4 Å². The molecule has 26 heavy (non-hydrogen) atoms. The minimum Gasteiger partial charge on any atom is -0.489 e. The van der Waals surface area contributed by atoms with Gasteiger partial charge in [0.2, 0.25) is 10.0 Å². The zero-order valence-electron chi connectivity index (χ0n) is 15.3. The van der Waals surface area contributed by atoms with Crippen LogP contribution in [0.5, 0.6) is 5.75 Å². The fourth-order valence-corrected chi connectivity index (χ4v) is 2.54. The third-order valence-corrected chi connectivity index (χ3v) is 4.60. The molecule has 0 saturated carbocycles. The molecule has 0 bridgehead atoms. The predicted octanol–water partition coefficient (Wildman–Crippen LogP) is 1.86. The normalized spacial score (nSPS) is 11.4. The summed E-state index contributed by atoms with van der Waals surface area (Å²) < 4.78 is 30.9. The van der Waals surface area contributed by atoms with Gasteiger partial charge < -0.3 is 15.4 Å². The van der Waals surface area contributed by atoms with Crippen molar-refractivity contribution in [3.63, 3.8) is 0 Å². The summed E-state index contributed by atoms with van der Waals surface area (Å²) in [4.78, 5) is 4.52. The summed E-state index contributed by atoms with van der Waals surface area (Å²) in [6.45, 7) is 9.57. The molecule has 1 aromatic carbocycles. The Morgan fingerprint density at radius 1 is 1.23 bits per heavy atom. The second kappa shape index (κ2) is 13.8. The maximum absolute atomic E-state index is 11.4. The summed E-state index contributed by atoms with van der Waals surface area (Å²) in [6.07, 6.45) is 1.70. The molecule has 0 aliphatic heterocycles. The number of hydrogen-bond acceptors (Lipinski definition) is 4. The molecule has 1 aromatic rings. The number of hydrogen-bond donors (Lipinski definition) is 3. The van der Waals surface area contributed by atoms with E-state index in [1.165, 1.54) is 0 Å². The molecule has 0 aromatic heterocycles. The number of nitrogens with one attached hydrogen (secondary N) is 3. The number of guanidine groups is 1. The molecule has 0 saturated heterocycles. The molecule has 0 radical (unpaired) electrons. The molecule has 0 atom stereocenters. The number of sulfonamides is 1. The quantitative estimate of drug-likeness (QED) is 0.143. The van der Waals surface area contributed by atoms with Gasteiger partial charge >= 0.3 is 0 Å². The number of rotatable bonds is 11. The van der Waals surface area contributed by atoms with Crippen molar-refractivity contribution in [1.29, 1.82) is 0 Å². The monoisotopic (exact) mass is 496 g/mol. The van der Waals surface area contributed by atoms with Crippen LogP contribution in [0.15, 0.2) is 41.9 Å². The van der Waals surface area contributed by atoms with Gasteiger partial charge in [0.25, 0.3) is 0 Å². The van der Waals surface area contributed by atoms with E-state index >= 15 is 0 Å². The number of nitrogens with zero attached hydrogens (tertiary/aromatic N) is 1. The number of benzene rings is 1. The van der Waals surface area contributed by atoms with E-state index in [-0.39, 0.29) is 29.7 Å². The van der Waals surface area contributed by atoms with Crippen LogP contribution in [0.3, 0.4) is 0 Å². The van der Waals surface area contributed by atoms with E-state index in [1.807, 2.05) is 31.2 Å². The molecule has 0 heterocycles. The van der Waals surface area contributed by atoms with Crippen LogP contribution in [-0.2, 0) is 16.6 Å². The van der Waals surface area contributed by atoms with Gasteiger partial charge in [-0.05, 0) is 19.9 Å². The number of para-hydroxylation sites is 1. The van der Waals surface area contributed by atoms with Gasteiger partial charge in [0.05, 0.1) is 12.3 Å². The SMILES string of the molecule is C=CCOc1ccccc1CN=C(NCC)NCCNS(=O)(=O)CC.I. The highest BCUT2D eigenvalue weighted by Crippen LogP contribution is 2.18. The summed E-state index contributed by atoms with van der Waals surface area (Å²) in [7, 11) is -3.17. The van der Waals surface area contributed by atoms with Crippen molar-refractivity contribution in [2.24, 2.45) is 4.99 Å². The molecule has 0 fully saturated rings. The van der Waals surface area contributed by atoms with Crippen LogP contribution in [0.4, 0.5) is 0 Å². The highest BCUT2D eigenvalue weighted by Gasteiger charge is 2.06. The first-order valence-corrected chi connectivity index (χ1v) is 9.98. The van der Waals surface area contributed by atoms with E-state index in [4.69, 9.17) is 4.74 Å². The molecule has 9 heteroatoms. The van der Waals surface area contributed by atoms with E-state index in [2.05, 4.69) is 26.9 Å². The van der Waals surface area contributed by atoms with E-state index in [0.29, 0.717) is 38.7 Å². The molecule has 0 aliphatic carbocycles. The summed E-state index contributed by atoms with van der Waals surface area (Å²) in [5.74, 6) is 1.47. The average molecular weight is 496 g/mol. The van der Waals surface area contributed by atoms with Gasteiger partial charge in [0.15, 0.2) is 5.96 Å². The lowest BCUT2D eigenvalue weighted by molar-refractivity contribution is 0.359. The van der Waals surface area contributed by atoms with Crippen molar-refractivity contribution in [2.45, 2.75) is 20.4 Å². The fourth-order valence-electron chi connectivity index (χ4n) is 1.92. The van der Waals surface area contributed by atoms with Gasteiger partial charge in [0.1, 0.15) is 12.4 Å². The van der Waals surface area contributed by atoms with Crippen LogP contribution in [0.2, 0.25) is 0 Å². The van der Waals surface area contributed by atoms with Crippen molar-refractivity contribution in [2.75, 3.05) is 32.0 Å². The van der Waals surface area contributed by atoms with Crippen LogP contribution in [0.25, 0.3) is 0 Å². The summed E-state index contributed by atoms with van der Waals surface area (Å²) in [5, 5.41) is 6.24. The number of ether oxygens (including phenoxy) is 1. The first-order chi connectivity index (χ1) is 12.0. The third-order valence-electron chi connectivity index (χ3n) is 3.20. The minimum absolute atomic E-state index is 0. The van der Waals surface area contributed by atoms with Gasteiger partial charge in [-0.15, -0.1) is 24.0 Å². The number of halogens is 1. The Hall–Kier alpha value is -1.33. The second-order valence-electron chi connectivity index (χ2n) is 5.13.